The van der Waals surface area contributed by atoms with E-state index in [2.05, 4.69) is 10.9 Å². The second-order valence-corrected chi connectivity index (χ2v) is 3.69. The molecule has 1 spiro atoms. The topological polar surface area (TPSA) is 58.2 Å². The van der Waals surface area contributed by atoms with Gasteiger partial charge in [0.2, 0.25) is 0 Å². The summed E-state index contributed by atoms with van der Waals surface area (Å²) in [6.45, 7) is 0.848. The minimum Gasteiger partial charge on any atom is -0.299 e. The highest BCUT2D eigenvalue weighted by Gasteiger charge is 2.41. The maximum atomic E-state index is 11.1. The van der Waals surface area contributed by atoms with Gasteiger partial charge in [-0.05, 0) is 6.42 Å². The average Bonchev–Trinajstić information content (AvgIpc) is 2.33. The Kier molecular flexibility index (Phi) is 1.73. The standard InChI is InChI=1S/C8H12N2O2/c11-6-3-7(12)5-8(4-6)1-2-9-10-8/h9-10H,1-5H2. The van der Waals surface area contributed by atoms with Gasteiger partial charge in [-0.15, -0.1) is 0 Å². The van der Waals surface area contributed by atoms with Gasteiger partial charge in [0.1, 0.15) is 11.6 Å². The highest BCUT2D eigenvalue weighted by atomic mass is 16.1. The summed E-state index contributed by atoms with van der Waals surface area (Å²) in [6.07, 6.45) is 2.03. The molecule has 2 rings (SSSR count). The van der Waals surface area contributed by atoms with Gasteiger partial charge in [0.15, 0.2) is 0 Å². The van der Waals surface area contributed by atoms with Crippen molar-refractivity contribution in [2.75, 3.05) is 6.54 Å². The number of ketones is 2. The second-order valence-electron chi connectivity index (χ2n) is 3.69. The number of hydrogen-bond donors (Lipinski definition) is 2. The van der Waals surface area contributed by atoms with E-state index in [0.717, 1.165) is 13.0 Å². The van der Waals surface area contributed by atoms with Crippen molar-refractivity contribution in [1.29, 1.82) is 0 Å². The first-order chi connectivity index (χ1) is 5.70. The van der Waals surface area contributed by atoms with E-state index in [-0.39, 0.29) is 23.5 Å². The number of hydrazine groups is 1. The van der Waals surface area contributed by atoms with Crippen LogP contribution in [-0.2, 0) is 9.59 Å². The largest absolute Gasteiger partial charge is 0.299 e. The molecular formula is C8H12N2O2. The van der Waals surface area contributed by atoms with Crippen LogP contribution >= 0.6 is 0 Å². The average molecular weight is 168 g/mol. The van der Waals surface area contributed by atoms with Crippen LogP contribution in [0.4, 0.5) is 0 Å². The molecule has 2 fully saturated rings. The third kappa shape index (κ3) is 1.28. The first-order valence-electron chi connectivity index (χ1n) is 4.24. The van der Waals surface area contributed by atoms with Crippen molar-refractivity contribution in [2.24, 2.45) is 0 Å². The molecule has 66 valence electrons. The molecule has 1 aliphatic carbocycles. The van der Waals surface area contributed by atoms with Crippen LogP contribution < -0.4 is 10.9 Å². The highest BCUT2D eigenvalue weighted by Crippen LogP contribution is 2.28. The van der Waals surface area contributed by atoms with E-state index in [4.69, 9.17) is 0 Å². The molecule has 0 amide bonds. The van der Waals surface area contributed by atoms with E-state index in [0.29, 0.717) is 12.8 Å². The fourth-order valence-electron chi connectivity index (χ4n) is 2.04. The predicted molar refractivity (Wildman–Crippen MR) is 42.4 cm³/mol. The molecule has 1 saturated heterocycles. The van der Waals surface area contributed by atoms with Crippen LogP contribution in [0.25, 0.3) is 0 Å². The number of nitrogens with one attached hydrogen (secondary N) is 2. The van der Waals surface area contributed by atoms with Crippen molar-refractivity contribution < 1.29 is 9.59 Å². The van der Waals surface area contributed by atoms with E-state index in [9.17, 15) is 9.59 Å². The second kappa shape index (κ2) is 2.64. The molecule has 2 N–H and O–H groups in total. The quantitative estimate of drug-likeness (QED) is 0.481. The summed E-state index contributed by atoms with van der Waals surface area (Å²) in [5.41, 5.74) is 5.77. The monoisotopic (exact) mass is 168 g/mol. The van der Waals surface area contributed by atoms with Crippen molar-refractivity contribution in [1.82, 2.24) is 10.9 Å². The summed E-state index contributed by atoms with van der Waals surface area (Å²) in [6, 6.07) is 0. The van der Waals surface area contributed by atoms with Crippen LogP contribution in [0.5, 0.6) is 0 Å². The Balaban J connectivity index is 2.14. The molecule has 1 aliphatic heterocycles. The molecule has 0 atom stereocenters. The SMILES string of the molecule is O=C1CC(=O)CC2(CCNN2)C1. The van der Waals surface area contributed by atoms with Gasteiger partial charge in [0.25, 0.3) is 0 Å². The van der Waals surface area contributed by atoms with Gasteiger partial charge < -0.3 is 0 Å². The first-order valence-corrected chi connectivity index (χ1v) is 4.24. The molecule has 12 heavy (non-hydrogen) atoms. The van der Waals surface area contributed by atoms with Crippen LogP contribution in [0.15, 0.2) is 0 Å². The number of rotatable bonds is 0. The normalized spacial score (nSPS) is 28.3. The Bertz CT molecular complexity index is 213. The van der Waals surface area contributed by atoms with Crippen LogP contribution in [0.1, 0.15) is 25.7 Å². The molecule has 4 heteroatoms. The molecule has 0 aromatic carbocycles. The van der Waals surface area contributed by atoms with E-state index in [1.54, 1.807) is 0 Å². The predicted octanol–water partition coefficient (Wildman–Crippen LogP) is -0.455. The lowest BCUT2D eigenvalue weighted by atomic mass is 9.79. The lowest BCUT2D eigenvalue weighted by Gasteiger charge is -2.30. The van der Waals surface area contributed by atoms with Crippen LogP contribution in [0.2, 0.25) is 0 Å². The number of carbonyl (C=O) groups excluding carboxylic acids is 2. The Morgan fingerprint density at radius 3 is 2.33 bits per heavy atom. The highest BCUT2D eigenvalue weighted by molar-refractivity contribution is 6.02. The summed E-state index contributed by atoms with van der Waals surface area (Å²) < 4.78 is 0. The molecule has 0 aromatic rings. The maximum absolute atomic E-state index is 11.1. The van der Waals surface area contributed by atoms with Crippen molar-refractivity contribution in [3.8, 4) is 0 Å². The third-order valence-electron chi connectivity index (χ3n) is 2.55. The first kappa shape index (κ1) is 7.89. The molecule has 1 heterocycles. The minimum atomic E-state index is -0.244. The lowest BCUT2D eigenvalue weighted by molar-refractivity contribution is -0.132. The van der Waals surface area contributed by atoms with Crippen LogP contribution in [-0.4, -0.2) is 23.7 Å². The van der Waals surface area contributed by atoms with E-state index in [1.165, 1.54) is 0 Å². The van der Waals surface area contributed by atoms with E-state index >= 15 is 0 Å². The van der Waals surface area contributed by atoms with Crippen molar-refractivity contribution in [3.05, 3.63) is 0 Å². The summed E-state index contributed by atoms with van der Waals surface area (Å²) in [4.78, 5) is 22.3. The van der Waals surface area contributed by atoms with Gasteiger partial charge in [-0.2, -0.15) is 0 Å². The van der Waals surface area contributed by atoms with Gasteiger partial charge in [-0.3, -0.25) is 20.4 Å². The molecule has 4 nitrogen and oxygen atoms in total. The summed E-state index contributed by atoms with van der Waals surface area (Å²) in [5.74, 6) is 0.143. The smallest absolute Gasteiger partial charge is 0.142 e. The number of hydrogen-bond acceptors (Lipinski definition) is 4. The lowest BCUT2D eigenvalue weighted by Crippen LogP contribution is -2.49. The maximum Gasteiger partial charge on any atom is 0.142 e. The Labute approximate surface area is 70.7 Å². The Hall–Kier alpha value is -0.740. The molecule has 1 saturated carbocycles. The van der Waals surface area contributed by atoms with Crippen molar-refractivity contribution >= 4 is 11.6 Å². The van der Waals surface area contributed by atoms with Gasteiger partial charge in [-0.25, -0.2) is 0 Å². The van der Waals surface area contributed by atoms with Crippen LogP contribution in [0, 0.1) is 0 Å². The van der Waals surface area contributed by atoms with Gasteiger partial charge in [-0.1, -0.05) is 0 Å². The fourth-order valence-corrected chi connectivity index (χ4v) is 2.04. The zero-order chi connectivity index (χ0) is 8.60. The minimum absolute atomic E-state index is 0.0717. The van der Waals surface area contributed by atoms with E-state index < -0.39 is 0 Å². The molecule has 0 radical (unpaired) electrons. The Morgan fingerprint density at radius 2 is 1.83 bits per heavy atom. The molecule has 0 aromatic heterocycles. The summed E-state index contributed by atoms with van der Waals surface area (Å²) in [7, 11) is 0. The van der Waals surface area contributed by atoms with Gasteiger partial charge >= 0.3 is 0 Å². The number of carbonyl (C=O) groups is 2. The number of Topliss-reactive ketones (excluding diaryl/α,β-unsaturated/α-hetero) is 2. The van der Waals surface area contributed by atoms with Crippen molar-refractivity contribution in [3.63, 3.8) is 0 Å². The zero-order valence-corrected chi connectivity index (χ0v) is 6.85. The molecule has 0 unspecified atom stereocenters. The molecular weight excluding hydrogens is 156 g/mol. The fraction of sp³-hybridized carbons (Fsp3) is 0.750. The molecule has 2 aliphatic rings. The third-order valence-corrected chi connectivity index (χ3v) is 2.55. The van der Waals surface area contributed by atoms with Crippen LogP contribution in [0.3, 0.4) is 0 Å². The summed E-state index contributed by atoms with van der Waals surface area (Å²) in [5, 5.41) is 0. The Morgan fingerprint density at radius 1 is 1.17 bits per heavy atom. The van der Waals surface area contributed by atoms with Crippen molar-refractivity contribution in [2.45, 2.75) is 31.2 Å². The molecule has 0 bridgehead atoms. The van der Waals surface area contributed by atoms with E-state index in [1.807, 2.05) is 0 Å². The van der Waals surface area contributed by atoms with Gasteiger partial charge in [0, 0.05) is 24.9 Å². The summed E-state index contributed by atoms with van der Waals surface area (Å²) >= 11 is 0. The van der Waals surface area contributed by atoms with Gasteiger partial charge in [0.05, 0.1) is 6.42 Å². The zero-order valence-electron chi connectivity index (χ0n) is 6.85.